The van der Waals surface area contributed by atoms with E-state index in [1.165, 1.54) is 12.1 Å². The van der Waals surface area contributed by atoms with E-state index in [1.807, 2.05) is 0 Å². The molecule has 8 heteroatoms. The molecule has 0 radical (unpaired) electrons. The van der Waals surface area contributed by atoms with E-state index in [-0.39, 0.29) is 21.0 Å². The van der Waals surface area contributed by atoms with Gasteiger partial charge < -0.3 is 15.0 Å². The van der Waals surface area contributed by atoms with Gasteiger partial charge in [0, 0.05) is 38.8 Å². The molecular formula is C12H15FIN3O3. The molecule has 1 aromatic rings. The molecule has 6 nitrogen and oxygen atoms in total. The van der Waals surface area contributed by atoms with Gasteiger partial charge in [0.05, 0.1) is 21.2 Å². The molecule has 1 unspecified atom stereocenters. The van der Waals surface area contributed by atoms with Gasteiger partial charge in [-0.15, -0.1) is 0 Å². The molecule has 0 bridgehead atoms. The van der Waals surface area contributed by atoms with Crippen LogP contribution < -0.4 is 10.2 Å². The highest BCUT2D eigenvalue weighted by Crippen LogP contribution is 2.31. The van der Waals surface area contributed by atoms with Crippen LogP contribution in [0.25, 0.3) is 0 Å². The molecule has 0 spiro atoms. The highest BCUT2D eigenvalue weighted by atomic mass is 127. The molecule has 1 atom stereocenters. The van der Waals surface area contributed by atoms with Gasteiger partial charge in [-0.25, -0.2) is 4.39 Å². The Hall–Kier alpha value is -1.00. The number of morpholine rings is 1. The maximum Gasteiger partial charge on any atom is 0.293 e. The summed E-state index contributed by atoms with van der Waals surface area (Å²) in [7, 11) is 1.70. The first kappa shape index (κ1) is 15.4. The van der Waals surface area contributed by atoms with Crippen molar-refractivity contribution in [3.05, 3.63) is 31.6 Å². The number of likely N-dealkylation sites (N-methyl/N-ethyl adjacent to an activating group) is 1. The number of anilines is 1. The van der Waals surface area contributed by atoms with E-state index in [4.69, 9.17) is 4.74 Å². The third-order valence-corrected chi connectivity index (χ3v) is 3.93. The minimum atomic E-state index is -0.493. The lowest BCUT2D eigenvalue weighted by Gasteiger charge is -2.29. The molecule has 1 aromatic carbocycles. The predicted octanol–water partition coefficient (Wildman–Crippen LogP) is 1.76. The topological polar surface area (TPSA) is 67.6 Å². The first-order valence-electron chi connectivity index (χ1n) is 6.16. The number of rotatable bonds is 4. The number of hydrogen-bond donors (Lipinski definition) is 1. The first-order chi connectivity index (χ1) is 9.49. The van der Waals surface area contributed by atoms with Crippen molar-refractivity contribution >= 4 is 34.0 Å². The molecule has 2 rings (SSSR count). The van der Waals surface area contributed by atoms with Crippen LogP contribution in [-0.4, -0.2) is 44.3 Å². The Balaban J connectivity index is 2.21. The Labute approximate surface area is 129 Å². The second-order valence-electron chi connectivity index (χ2n) is 4.59. The Kier molecular flexibility index (Phi) is 5.11. The maximum atomic E-state index is 13.7. The Morgan fingerprint density at radius 1 is 1.65 bits per heavy atom. The molecule has 1 heterocycles. The number of hydrogen-bond acceptors (Lipinski definition) is 5. The fourth-order valence-corrected chi connectivity index (χ4v) is 2.57. The summed E-state index contributed by atoms with van der Waals surface area (Å²) in [6.45, 7) is 2.57. The zero-order chi connectivity index (χ0) is 14.7. The van der Waals surface area contributed by atoms with Crippen molar-refractivity contribution in [2.45, 2.75) is 6.10 Å². The van der Waals surface area contributed by atoms with Crippen molar-refractivity contribution in [1.29, 1.82) is 0 Å². The first-order valence-corrected chi connectivity index (χ1v) is 7.24. The minimum absolute atomic E-state index is 0.0595. The van der Waals surface area contributed by atoms with Gasteiger partial charge >= 0.3 is 0 Å². The highest BCUT2D eigenvalue weighted by molar-refractivity contribution is 14.1. The predicted molar refractivity (Wildman–Crippen MR) is 81.7 cm³/mol. The lowest BCUT2D eigenvalue weighted by atomic mass is 10.2. The van der Waals surface area contributed by atoms with E-state index in [2.05, 4.69) is 5.32 Å². The number of halogens is 2. The summed E-state index contributed by atoms with van der Waals surface area (Å²) < 4.78 is 19.5. The second-order valence-corrected chi connectivity index (χ2v) is 5.75. The van der Waals surface area contributed by atoms with Crippen molar-refractivity contribution in [3.8, 4) is 0 Å². The van der Waals surface area contributed by atoms with E-state index < -0.39 is 10.7 Å². The van der Waals surface area contributed by atoms with E-state index >= 15 is 0 Å². The Morgan fingerprint density at radius 3 is 3.00 bits per heavy atom. The molecular weight excluding hydrogens is 380 g/mol. The summed E-state index contributed by atoms with van der Waals surface area (Å²) in [6.07, 6.45) is -0.0595. The van der Waals surface area contributed by atoms with Gasteiger partial charge in [-0.05, 0) is 22.6 Å². The van der Waals surface area contributed by atoms with Crippen LogP contribution in [0.1, 0.15) is 0 Å². The van der Waals surface area contributed by atoms with E-state index in [1.54, 1.807) is 34.5 Å². The van der Waals surface area contributed by atoms with Crippen LogP contribution in [0.3, 0.4) is 0 Å². The number of nitrogens with zero attached hydrogens (tertiary/aromatic N) is 2. The fraction of sp³-hybridized carbons (Fsp3) is 0.500. The van der Waals surface area contributed by atoms with Gasteiger partial charge in [-0.1, -0.05) is 0 Å². The average molecular weight is 395 g/mol. The lowest BCUT2D eigenvalue weighted by molar-refractivity contribution is -0.384. The summed E-state index contributed by atoms with van der Waals surface area (Å²) in [6, 6.07) is 2.46. The molecule has 20 heavy (non-hydrogen) atoms. The van der Waals surface area contributed by atoms with Gasteiger partial charge in [0.15, 0.2) is 0 Å². The van der Waals surface area contributed by atoms with E-state index in [0.717, 1.165) is 6.54 Å². The summed E-state index contributed by atoms with van der Waals surface area (Å²) in [4.78, 5) is 12.3. The third-order valence-electron chi connectivity index (χ3n) is 3.11. The van der Waals surface area contributed by atoms with Crippen LogP contribution in [0.4, 0.5) is 15.8 Å². The monoisotopic (exact) mass is 395 g/mol. The molecule has 0 aliphatic carbocycles. The summed E-state index contributed by atoms with van der Waals surface area (Å²) >= 11 is 1.75. The van der Waals surface area contributed by atoms with Gasteiger partial charge in [0.1, 0.15) is 11.5 Å². The van der Waals surface area contributed by atoms with Gasteiger partial charge in [0.2, 0.25) is 0 Å². The molecule has 1 aliphatic rings. The van der Waals surface area contributed by atoms with Crippen molar-refractivity contribution in [1.82, 2.24) is 5.32 Å². The van der Waals surface area contributed by atoms with E-state index in [9.17, 15) is 14.5 Å². The average Bonchev–Trinajstić information content (AvgIpc) is 2.42. The fourth-order valence-electron chi connectivity index (χ4n) is 2.12. The third kappa shape index (κ3) is 3.55. The molecule has 110 valence electrons. The van der Waals surface area contributed by atoms with Gasteiger partial charge in [-0.2, -0.15) is 0 Å². The standard InChI is InChI=1S/C12H15FIN3O3/c1-16(7-8-6-15-2-3-20-8)11-4-9(13)10(14)5-12(11)17(18)19/h4-5,8,15H,2-3,6-7H2,1H3. The summed E-state index contributed by atoms with van der Waals surface area (Å²) in [5.74, 6) is -0.458. The molecule has 0 amide bonds. The number of benzene rings is 1. The lowest BCUT2D eigenvalue weighted by Crippen LogP contribution is -2.44. The quantitative estimate of drug-likeness (QED) is 0.478. The van der Waals surface area contributed by atoms with Crippen LogP contribution in [0.2, 0.25) is 0 Å². The van der Waals surface area contributed by atoms with Crippen LogP contribution in [0, 0.1) is 19.5 Å². The molecule has 1 aliphatic heterocycles. The smallest absolute Gasteiger partial charge is 0.293 e. The Bertz CT molecular complexity index is 509. The van der Waals surface area contributed by atoms with Gasteiger partial charge in [-0.3, -0.25) is 10.1 Å². The van der Waals surface area contributed by atoms with Crippen molar-refractivity contribution in [2.24, 2.45) is 0 Å². The van der Waals surface area contributed by atoms with Crippen LogP contribution >= 0.6 is 22.6 Å². The van der Waals surface area contributed by atoms with Crippen LogP contribution in [0.15, 0.2) is 12.1 Å². The number of ether oxygens (including phenoxy) is 1. The maximum absolute atomic E-state index is 13.7. The Morgan fingerprint density at radius 2 is 2.40 bits per heavy atom. The van der Waals surface area contributed by atoms with Crippen molar-refractivity contribution in [2.75, 3.05) is 38.2 Å². The SMILES string of the molecule is CN(CC1CNCCO1)c1cc(F)c(I)cc1[N+](=O)[O-]. The van der Waals surface area contributed by atoms with Crippen LogP contribution in [-0.2, 0) is 4.74 Å². The molecule has 1 N–H and O–H groups in total. The normalized spacial score (nSPS) is 18.9. The van der Waals surface area contributed by atoms with Gasteiger partial charge in [0.25, 0.3) is 5.69 Å². The zero-order valence-electron chi connectivity index (χ0n) is 10.9. The highest BCUT2D eigenvalue weighted by Gasteiger charge is 2.23. The zero-order valence-corrected chi connectivity index (χ0v) is 13.1. The van der Waals surface area contributed by atoms with E-state index in [0.29, 0.717) is 19.7 Å². The summed E-state index contributed by atoms with van der Waals surface area (Å²) in [5, 5.41) is 14.3. The van der Waals surface area contributed by atoms with Crippen molar-refractivity contribution < 1.29 is 14.1 Å². The molecule has 1 saturated heterocycles. The van der Waals surface area contributed by atoms with Crippen LogP contribution in [0.5, 0.6) is 0 Å². The second kappa shape index (κ2) is 6.64. The molecule has 0 aromatic heterocycles. The summed E-state index contributed by atoms with van der Waals surface area (Å²) in [5.41, 5.74) is 0.171. The number of nitro groups is 1. The number of nitrogens with one attached hydrogen (secondary N) is 1. The minimum Gasteiger partial charge on any atom is -0.374 e. The number of nitro benzene ring substituents is 1. The van der Waals surface area contributed by atoms with Crippen molar-refractivity contribution in [3.63, 3.8) is 0 Å². The molecule has 1 fully saturated rings. The largest absolute Gasteiger partial charge is 0.374 e. The molecule has 0 saturated carbocycles.